The lowest BCUT2D eigenvalue weighted by molar-refractivity contribution is -0.128. The maximum Gasteiger partial charge on any atom is 0.219 e. The number of benzene rings is 1. The molecule has 2 saturated heterocycles. The first-order chi connectivity index (χ1) is 15.0. The lowest BCUT2D eigenvalue weighted by Gasteiger charge is -2.34. The Balaban J connectivity index is 1.54. The van der Waals surface area contributed by atoms with E-state index in [1.807, 2.05) is 23.1 Å². The average molecular weight is 422 g/mol. The zero-order valence-corrected chi connectivity index (χ0v) is 17.8. The molecule has 0 saturated carbocycles. The number of aromatic nitrogens is 3. The molecule has 2 aliphatic heterocycles. The molecule has 31 heavy (non-hydrogen) atoms. The molecular weight excluding hydrogens is 394 g/mol. The van der Waals surface area contributed by atoms with Gasteiger partial charge in [0.05, 0.1) is 18.9 Å². The number of likely N-dealkylation sites (tertiary alicyclic amines) is 1. The standard InChI is InChI=1S/C23H27N5O3/c1-14-17-11-19(16-5-3-4-6-21(16)30)25-26-23(17)24-22(14)18-12-28(15(2)29)13-20(18)27-7-9-31-10-8-27/h3-6,11,18,20,30H,7-10,12-13H2,1-2H3,(H,24,26)/t18-,20?/m0/s1. The van der Waals surface area contributed by atoms with Crippen molar-refractivity contribution in [2.24, 2.45) is 0 Å². The van der Waals surface area contributed by atoms with Crippen molar-refractivity contribution in [2.45, 2.75) is 25.8 Å². The maximum atomic E-state index is 12.2. The van der Waals surface area contributed by atoms with Crippen LogP contribution in [0.5, 0.6) is 5.75 Å². The lowest BCUT2D eigenvalue weighted by atomic mass is 9.94. The van der Waals surface area contributed by atoms with Crippen molar-refractivity contribution in [1.29, 1.82) is 0 Å². The fourth-order valence-corrected chi connectivity index (χ4v) is 4.94. The molecule has 5 rings (SSSR count). The van der Waals surface area contributed by atoms with Crippen molar-refractivity contribution >= 4 is 16.9 Å². The van der Waals surface area contributed by atoms with Gasteiger partial charge in [-0.15, -0.1) is 10.2 Å². The molecular formula is C23H27N5O3. The number of carbonyl (C=O) groups excluding carboxylic acids is 1. The molecule has 8 nitrogen and oxygen atoms in total. The summed E-state index contributed by atoms with van der Waals surface area (Å²) >= 11 is 0. The zero-order chi connectivity index (χ0) is 21.5. The highest BCUT2D eigenvalue weighted by molar-refractivity contribution is 5.85. The molecule has 2 aliphatic rings. The molecule has 2 N–H and O–H groups in total. The molecule has 0 bridgehead atoms. The lowest BCUT2D eigenvalue weighted by Crippen LogP contribution is -2.47. The van der Waals surface area contributed by atoms with E-state index in [9.17, 15) is 9.90 Å². The van der Waals surface area contributed by atoms with Crippen LogP contribution in [0.1, 0.15) is 24.1 Å². The van der Waals surface area contributed by atoms with Gasteiger partial charge in [0.2, 0.25) is 5.91 Å². The summed E-state index contributed by atoms with van der Waals surface area (Å²) in [4.78, 5) is 20.0. The number of carbonyl (C=O) groups is 1. The van der Waals surface area contributed by atoms with E-state index in [0.29, 0.717) is 17.8 Å². The first-order valence-corrected chi connectivity index (χ1v) is 10.7. The number of hydrogen-bond acceptors (Lipinski definition) is 6. The Bertz CT molecular complexity index is 1120. The van der Waals surface area contributed by atoms with E-state index in [0.717, 1.165) is 55.1 Å². The molecule has 162 valence electrons. The van der Waals surface area contributed by atoms with E-state index in [2.05, 4.69) is 27.0 Å². The second-order valence-electron chi connectivity index (χ2n) is 8.42. The van der Waals surface area contributed by atoms with E-state index in [4.69, 9.17) is 4.74 Å². The van der Waals surface area contributed by atoms with E-state index in [-0.39, 0.29) is 23.6 Å². The number of morpholine rings is 1. The molecule has 1 unspecified atom stereocenters. The molecule has 4 heterocycles. The van der Waals surface area contributed by atoms with Crippen LogP contribution >= 0.6 is 0 Å². The minimum absolute atomic E-state index is 0.108. The third kappa shape index (κ3) is 3.55. The third-order valence-electron chi connectivity index (χ3n) is 6.65. The Kier molecular flexibility index (Phi) is 5.11. The van der Waals surface area contributed by atoms with Crippen LogP contribution in [-0.4, -0.2) is 81.4 Å². The Labute approximate surface area is 180 Å². The summed E-state index contributed by atoms with van der Waals surface area (Å²) in [7, 11) is 0. The Hall–Kier alpha value is -2.97. The van der Waals surface area contributed by atoms with Crippen molar-refractivity contribution in [2.75, 3.05) is 39.4 Å². The smallest absolute Gasteiger partial charge is 0.219 e. The van der Waals surface area contributed by atoms with Crippen LogP contribution in [0.3, 0.4) is 0 Å². The highest BCUT2D eigenvalue weighted by Gasteiger charge is 2.40. The summed E-state index contributed by atoms with van der Waals surface area (Å²) < 4.78 is 5.54. The van der Waals surface area contributed by atoms with Crippen LogP contribution in [0.25, 0.3) is 22.3 Å². The van der Waals surface area contributed by atoms with Gasteiger partial charge in [-0.25, -0.2) is 0 Å². The predicted molar refractivity (Wildman–Crippen MR) is 117 cm³/mol. The number of fused-ring (bicyclic) bond motifs is 1. The van der Waals surface area contributed by atoms with Crippen molar-refractivity contribution in [3.8, 4) is 17.0 Å². The molecule has 0 spiro atoms. The number of aromatic amines is 1. The van der Waals surface area contributed by atoms with Gasteiger partial charge in [0, 0.05) is 61.7 Å². The highest BCUT2D eigenvalue weighted by atomic mass is 16.5. The van der Waals surface area contributed by atoms with Gasteiger partial charge in [-0.2, -0.15) is 0 Å². The Morgan fingerprint density at radius 1 is 1.19 bits per heavy atom. The van der Waals surface area contributed by atoms with Gasteiger partial charge in [-0.05, 0) is 30.7 Å². The number of hydrogen-bond donors (Lipinski definition) is 2. The molecule has 3 aromatic rings. The summed E-state index contributed by atoms with van der Waals surface area (Å²) in [6, 6.07) is 9.37. The molecule has 8 heteroatoms. The number of nitrogens with one attached hydrogen (secondary N) is 1. The fraction of sp³-hybridized carbons (Fsp3) is 0.435. The minimum atomic E-state index is 0.108. The monoisotopic (exact) mass is 421 g/mol. The molecule has 1 amide bonds. The van der Waals surface area contributed by atoms with Gasteiger partial charge in [0.15, 0.2) is 5.65 Å². The van der Waals surface area contributed by atoms with Crippen molar-refractivity contribution in [3.63, 3.8) is 0 Å². The number of rotatable bonds is 3. The van der Waals surface area contributed by atoms with Gasteiger partial charge < -0.3 is 19.7 Å². The maximum absolute atomic E-state index is 12.2. The Morgan fingerprint density at radius 3 is 2.71 bits per heavy atom. The van der Waals surface area contributed by atoms with Crippen molar-refractivity contribution in [3.05, 3.63) is 41.6 Å². The van der Waals surface area contributed by atoms with Gasteiger partial charge in [-0.1, -0.05) is 12.1 Å². The fourth-order valence-electron chi connectivity index (χ4n) is 4.94. The first-order valence-electron chi connectivity index (χ1n) is 10.7. The number of H-pyrrole nitrogens is 1. The van der Waals surface area contributed by atoms with E-state index < -0.39 is 0 Å². The number of ether oxygens (including phenoxy) is 1. The van der Waals surface area contributed by atoms with Crippen molar-refractivity contribution < 1.29 is 14.6 Å². The summed E-state index contributed by atoms with van der Waals surface area (Å²) in [5.74, 6) is 0.464. The van der Waals surface area contributed by atoms with E-state index in [1.165, 1.54) is 0 Å². The van der Waals surface area contributed by atoms with E-state index >= 15 is 0 Å². The minimum Gasteiger partial charge on any atom is -0.507 e. The SMILES string of the molecule is CC(=O)N1CC(N2CCOCC2)[C@@H](c2[nH]c3nnc(-c4ccccc4O)cc3c2C)C1. The number of para-hydroxylation sites is 1. The largest absolute Gasteiger partial charge is 0.507 e. The molecule has 0 aliphatic carbocycles. The summed E-state index contributed by atoms with van der Waals surface area (Å²) in [5.41, 5.74) is 4.26. The second kappa shape index (κ2) is 7.94. The molecule has 2 atom stereocenters. The number of aryl methyl sites for hydroxylation is 1. The third-order valence-corrected chi connectivity index (χ3v) is 6.65. The summed E-state index contributed by atoms with van der Waals surface area (Å²) in [6.07, 6.45) is 0. The van der Waals surface area contributed by atoms with E-state index in [1.54, 1.807) is 19.1 Å². The predicted octanol–water partition coefficient (Wildman–Crippen LogP) is 2.29. The average Bonchev–Trinajstić information content (AvgIpc) is 3.36. The highest BCUT2D eigenvalue weighted by Crippen LogP contribution is 2.36. The summed E-state index contributed by atoms with van der Waals surface area (Å²) in [6.45, 7) is 8.36. The van der Waals surface area contributed by atoms with Crippen LogP contribution in [0.2, 0.25) is 0 Å². The number of nitrogens with zero attached hydrogens (tertiary/aromatic N) is 4. The number of phenolic OH excluding ortho intramolecular Hbond substituents is 1. The number of amides is 1. The quantitative estimate of drug-likeness (QED) is 0.674. The van der Waals surface area contributed by atoms with Crippen LogP contribution in [-0.2, 0) is 9.53 Å². The van der Waals surface area contributed by atoms with Gasteiger partial charge in [-0.3, -0.25) is 9.69 Å². The van der Waals surface area contributed by atoms with Crippen LogP contribution in [0, 0.1) is 6.92 Å². The van der Waals surface area contributed by atoms with Crippen molar-refractivity contribution in [1.82, 2.24) is 25.0 Å². The van der Waals surface area contributed by atoms with Crippen LogP contribution in [0.4, 0.5) is 0 Å². The normalized spacial score (nSPS) is 22.3. The molecule has 1 aromatic carbocycles. The van der Waals surface area contributed by atoms with Gasteiger partial charge >= 0.3 is 0 Å². The second-order valence-corrected chi connectivity index (χ2v) is 8.42. The zero-order valence-electron chi connectivity index (χ0n) is 17.8. The Morgan fingerprint density at radius 2 is 1.97 bits per heavy atom. The topological polar surface area (TPSA) is 94.6 Å². The number of phenols is 1. The molecule has 2 aromatic heterocycles. The van der Waals surface area contributed by atoms with Crippen LogP contribution < -0.4 is 0 Å². The van der Waals surface area contributed by atoms with Gasteiger partial charge in [0.1, 0.15) is 5.75 Å². The molecule has 2 fully saturated rings. The number of aromatic hydroxyl groups is 1. The summed E-state index contributed by atoms with van der Waals surface area (Å²) in [5, 5.41) is 20.0. The molecule has 0 radical (unpaired) electrons. The van der Waals surface area contributed by atoms with Gasteiger partial charge in [0.25, 0.3) is 0 Å². The first kappa shape index (κ1) is 20.0. The van der Waals surface area contributed by atoms with Crippen LogP contribution in [0.15, 0.2) is 30.3 Å².